The summed E-state index contributed by atoms with van der Waals surface area (Å²) in [6.07, 6.45) is 10.8. The van der Waals surface area contributed by atoms with Crippen molar-refractivity contribution in [1.82, 2.24) is 9.88 Å². The summed E-state index contributed by atoms with van der Waals surface area (Å²) < 4.78 is 16.0. The van der Waals surface area contributed by atoms with Gasteiger partial charge in [-0.15, -0.1) is 0 Å². The molecule has 2 aromatic rings. The minimum Gasteiger partial charge on any atom is -0.355 e. The standard InChI is InChI=1S/C24H28FN3O2/c25-20-4-3-19(28-7-1-2-8-28)12-21(20)27-22(29)5-6-26-23(30)24-13-16-9-17(14-24)11-18(10-16)15-24/h1-4,7-8,12,16-18H,5-6,9-11,13-15H2,(H,26,30)(H,27,29). The van der Waals surface area contributed by atoms with Crippen molar-refractivity contribution in [2.45, 2.75) is 44.9 Å². The van der Waals surface area contributed by atoms with Gasteiger partial charge in [0.1, 0.15) is 5.82 Å². The number of halogens is 1. The van der Waals surface area contributed by atoms with E-state index in [-0.39, 0.29) is 35.9 Å². The van der Waals surface area contributed by atoms with Gasteiger partial charge in [0.05, 0.1) is 5.69 Å². The maximum atomic E-state index is 14.2. The monoisotopic (exact) mass is 409 g/mol. The third kappa shape index (κ3) is 3.64. The summed E-state index contributed by atoms with van der Waals surface area (Å²) in [6, 6.07) is 8.39. The van der Waals surface area contributed by atoms with E-state index >= 15 is 0 Å². The Morgan fingerprint density at radius 1 is 1.03 bits per heavy atom. The molecule has 0 atom stereocenters. The topological polar surface area (TPSA) is 63.1 Å². The molecule has 30 heavy (non-hydrogen) atoms. The molecule has 4 aliphatic carbocycles. The maximum absolute atomic E-state index is 14.2. The fourth-order valence-electron chi connectivity index (χ4n) is 6.35. The van der Waals surface area contributed by atoms with Gasteiger partial charge in [0, 0.05) is 36.5 Å². The second kappa shape index (κ2) is 7.56. The molecule has 0 radical (unpaired) electrons. The first-order valence-electron chi connectivity index (χ1n) is 11.0. The van der Waals surface area contributed by atoms with Crippen LogP contribution in [0.5, 0.6) is 0 Å². The highest BCUT2D eigenvalue weighted by Crippen LogP contribution is 2.60. The van der Waals surface area contributed by atoms with Crippen molar-refractivity contribution >= 4 is 17.5 Å². The van der Waals surface area contributed by atoms with Gasteiger partial charge in [0.15, 0.2) is 0 Å². The Kier molecular flexibility index (Phi) is 4.88. The number of nitrogens with one attached hydrogen (secondary N) is 2. The van der Waals surface area contributed by atoms with Crippen LogP contribution in [-0.2, 0) is 9.59 Å². The van der Waals surface area contributed by atoms with E-state index in [0.29, 0.717) is 17.8 Å². The SMILES string of the molecule is O=C(CCNC(=O)C12CC3CC(CC(C3)C1)C2)Nc1cc(-n2cccc2)ccc1F. The minimum absolute atomic E-state index is 0.121. The van der Waals surface area contributed by atoms with Gasteiger partial charge >= 0.3 is 0 Å². The van der Waals surface area contributed by atoms with Crippen LogP contribution in [0.1, 0.15) is 44.9 Å². The molecule has 158 valence electrons. The highest BCUT2D eigenvalue weighted by molar-refractivity contribution is 5.92. The highest BCUT2D eigenvalue weighted by Gasteiger charge is 2.54. The summed E-state index contributed by atoms with van der Waals surface area (Å²) in [5.41, 5.74) is 0.716. The normalized spacial score (nSPS) is 29.0. The molecule has 5 nitrogen and oxygen atoms in total. The van der Waals surface area contributed by atoms with Gasteiger partial charge in [-0.05, 0) is 86.6 Å². The summed E-state index contributed by atoms with van der Waals surface area (Å²) in [4.78, 5) is 25.3. The molecule has 0 aliphatic heterocycles. The van der Waals surface area contributed by atoms with Crippen LogP contribution >= 0.6 is 0 Å². The molecule has 0 unspecified atom stereocenters. The molecule has 1 aromatic carbocycles. The average Bonchev–Trinajstić information content (AvgIpc) is 3.23. The molecule has 2 amide bonds. The Bertz CT molecular complexity index is 918. The van der Waals surface area contributed by atoms with Crippen LogP contribution in [-0.4, -0.2) is 22.9 Å². The summed E-state index contributed by atoms with van der Waals surface area (Å²) in [7, 11) is 0. The summed E-state index contributed by atoms with van der Waals surface area (Å²) in [5.74, 6) is 1.47. The van der Waals surface area contributed by atoms with Gasteiger partial charge in [-0.25, -0.2) is 4.39 Å². The third-order valence-corrected chi connectivity index (χ3v) is 7.28. The number of nitrogens with zero attached hydrogens (tertiary/aromatic N) is 1. The van der Waals surface area contributed by atoms with Crippen molar-refractivity contribution < 1.29 is 14.0 Å². The largest absolute Gasteiger partial charge is 0.355 e. The molecular formula is C24H28FN3O2. The molecule has 2 N–H and O–H groups in total. The number of carbonyl (C=O) groups excluding carboxylic acids is 2. The van der Waals surface area contributed by atoms with Crippen molar-refractivity contribution in [2.24, 2.45) is 23.2 Å². The van der Waals surface area contributed by atoms with E-state index < -0.39 is 5.82 Å². The fourth-order valence-corrected chi connectivity index (χ4v) is 6.35. The highest BCUT2D eigenvalue weighted by atomic mass is 19.1. The molecule has 0 saturated heterocycles. The Labute approximate surface area is 176 Å². The van der Waals surface area contributed by atoms with E-state index in [4.69, 9.17) is 0 Å². The van der Waals surface area contributed by atoms with Crippen LogP contribution in [0.25, 0.3) is 5.69 Å². The van der Waals surface area contributed by atoms with Gasteiger partial charge in [0.2, 0.25) is 11.8 Å². The zero-order valence-electron chi connectivity index (χ0n) is 17.1. The third-order valence-electron chi connectivity index (χ3n) is 7.28. The van der Waals surface area contributed by atoms with E-state index in [9.17, 15) is 14.0 Å². The summed E-state index contributed by atoms with van der Waals surface area (Å²) in [6.45, 7) is 0.283. The van der Waals surface area contributed by atoms with Crippen LogP contribution in [0.4, 0.5) is 10.1 Å². The molecule has 4 aliphatic rings. The summed E-state index contributed by atoms with van der Waals surface area (Å²) in [5, 5.41) is 5.65. The first kappa shape index (κ1) is 19.3. The van der Waals surface area contributed by atoms with Gasteiger partial charge < -0.3 is 15.2 Å². The lowest BCUT2D eigenvalue weighted by atomic mass is 9.49. The van der Waals surface area contributed by atoms with Crippen LogP contribution < -0.4 is 10.6 Å². The number of carbonyl (C=O) groups is 2. The van der Waals surface area contributed by atoms with Gasteiger partial charge in [0.25, 0.3) is 0 Å². The number of anilines is 1. The van der Waals surface area contributed by atoms with Crippen LogP contribution in [0.3, 0.4) is 0 Å². The molecular weight excluding hydrogens is 381 g/mol. The number of hydrogen-bond donors (Lipinski definition) is 2. The molecule has 6 rings (SSSR count). The predicted molar refractivity (Wildman–Crippen MR) is 113 cm³/mol. The first-order chi connectivity index (χ1) is 14.5. The summed E-state index contributed by atoms with van der Waals surface area (Å²) >= 11 is 0. The Morgan fingerprint density at radius 3 is 2.30 bits per heavy atom. The molecule has 4 bridgehead atoms. The lowest BCUT2D eigenvalue weighted by Crippen LogP contribution is -2.53. The van der Waals surface area contributed by atoms with E-state index in [1.165, 1.54) is 25.3 Å². The lowest BCUT2D eigenvalue weighted by Gasteiger charge is -2.55. The van der Waals surface area contributed by atoms with Crippen molar-refractivity contribution in [2.75, 3.05) is 11.9 Å². The average molecular weight is 410 g/mol. The fraction of sp³-hybridized carbons (Fsp3) is 0.500. The number of benzene rings is 1. The molecule has 6 heteroatoms. The van der Waals surface area contributed by atoms with Gasteiger partial charge in [-0.2, -0.15) is 0 Å². The van der Waals surface area contributed by atoms with E-state index in [0.717, 1.165) is 24.9 Å². The molecule has 4 fully saturated rings. The number of aromatic nitrogens is 1. The van der Waals surface area contributed by atoms with Crippen molar-refractivity contribution in [3.8, 4) is 5.69 Å². The predicted octanol–water partition coefficient (Wildman–Crippen LogP) is 4.28. The second-order valence-corrected chi connectivity index (χ2v) is 9.51. The van der Waals surface area contributed by atoms with Crippen LogP contribution in [0.2, 0.25) is 0 Å². The molecule has 1 heterocycles. The number of hydrogen-bond acceptors (Lipinski definition) is 2. The molecule has 4 saturated carbocycles. The zero-order chi connectivity index (χ0) is 20.7. The maximum Gasteiger partial charge on any atom is 0.226 e. The second-order valence-electron chi connectivity index (χ2n) is 9.51. The van der Waals surface area contributed by atoms with Crippen molar-refractivity contribution in [3.63, 3.8) is 0 Å². The number of rotatable bonds is 6. The van der Waals surface area contributed by atoms with Crippen LogP contribution in [0.15, 0.2) is 42.7 Å². The lowest BCUT2D eigenvalue weighted by molar-refractivity contribution is -0.146. The smallest absolute Gasteiger partial charge is 0.226 e. The Morgan fingerprint density at radius 2 is 1.67 bits per heavy atom. The Balaban J connectivity index is 1.16. The molecule has 0 spiro atoms. The van der Waals surface area contributed by atoms with E-state index in [2.05, 4.69) is 10.6 Å². The number of amides is 2. The molecule has 1 aromatic heterocycles. The van der Waals surface area contributed by atoms with E-state index in [1.54, 1.807) is 12.1 Å². The van der Waals surface area contributed by atoms with Gasteiger partial charge in [-0.1, -0.05) is 0 Å². The van der Waals surface area contributed by atoms with Gasteiger partial charge in [-0.3, -0.25) is 9.59 Å². The minimum atomic E-state index is -0.475. The van der Waals surface area contributed by atoms with Crippen LogP contribution in [0, 0.1) is 29.0 Å². The van der Waals surface area contributed by atoms with Crippen molar-refractivity contribution in [3.05, 3.63) is 48.5 Å². The quantitative estimate of drug-likeness (QED) is 0.748. The zero-order valence-corrected chi connectivity index (χ0v) is 17.1. The van der Waals surface area contributed by atoms with Crippen molar-refractivity contribution in [1.29, 1.82) is 0 Å². The first-order valence-corrected chi connectivity index (χ1v) is 11.0. The Hall–Kier alpha value is -2.63. The van der Waals surface area contributed by atoms with E-state index in [1.807, 2.05) is 29.1 Å².